The molecule has 0 spiro atoms. The smallest absolute Gasteiger partial charge is 0.207 e. The van der Waals surface area contributed by atoms with Crippen LogP contribution in [0.25, 0.3) is 10.9 Å². The molecule has 3 aromatic rings. The molecule has 0 radical (unpaired) electrons. The lowest BCUT2D eigenvalue weighted by Gasteiger charge is -2.17. The summed E-state index contributed by atoms with van der Waals surface area (Å²) < 4.78 is 12.9. The number of quaternary nitrogens is 1. The van der Waals surface area contributed by atoms with Gasteiger partial charge in [0.25, 0.3) is 0 Å². The molecule has 2 aromatic carbocycles. The van der Waals surface area contributed by atoms with Crippen molar-refractivity contribution in [1.82, 2.24) is 9.78 Å². The van der Waals surface area contributed by atoms with E-state index in [1.165, 1.54) is 11.1 Å². The predicted octanol–water partition coefficient (Wildman–Crippen LogP) is 1.48. The first-order valence-electron chi connectivity index (χ1n) is 8.68. The summed E-state index contributed by atoms with van der Waals surface area (Å²) in [5.41, 5.74) is 1.95. The van der Waals surface area contributed by atoms with Gasteiger partial charge in [-0.3, -0.25) is 4.79 Å². The van der Waals surface area contributed by atoms with E-state index in [1.54, 1.807) is 7.11 Å². The lowest BCUT2D eigenvalue weighted by Crippen LogP contribution is -3.07. The standard InChI is InChI=1S/C20H23N3O3/c1-4-26-19-10-9-15(11-20(19)25-3)13-22(2)14-23-17-8-6-5-7-16(17)18(24)12-21-23/h5-12H,4,13-14H2,1-3H3/p+1. The first-order valence-corrected chi connectivity index (χ1v) is 8.68. The quantitative estimate of drug-likeness (QED) is 0.698. The average molecular weight is 354 g/mol. The molecule has 0 aliphatic heterocycles. The van der Waals surface area contributed by atoms with Gasteiger partial charge >= 0.3 is 0 Å². The van der Waals surface area contributed by atoms with Gasteiger partial charge in [0, 0.05) is 10.9 Å². The minimum atomic E-state index is -0.0502. The molecule has 6 nitrogen and oxygen atoms in total. The number of nitrogens with one attached hydrogen (secondary N) is 1. The molecule has 3 rings (SSSR count). The monoisotopic (exact) mass is 354 g/mol. The maximum Gasteiger partial charge on any atom is 0.207 e. The second kappa shape index (κ2) is 8.01. The van der Waals surface area contributed by atoms with Crippen molar-refractivity contribution in [2.75, 3.05) is 20.8 Å². The molecule has 0 aliphatic rings. The van der Waals surface area contributed by atoms with E-state index < -0.39 is 0 Å². The Hall–Kier alpha value is -2.86. The fourth-order valence-corrected chi connectivity index (χ4v) is 3.04. The molecule has 1 unspecified atom stereocenters. The summed E-state index contributed by atoms with van der Waals surface area (Å²) in [4.78, 5) is 13.2. The first-order chi connectivity index (χ1) is 12.6. The summed E-state index contributed by atoms with van der Waals surface area (Å²) >= 11 is 0. The third-order valence-electron chi connectivity index (χ3n) is 4.22. The van der Waals surface area contributed by atoms with Crippen molar-refractivity contribution < 1.29 is 14.4 Å². The van der Waals surface area contributed by atoms with Crippen molar-refractivity contribution in [1.29, 1.82) is 0 Å². The zero-order valence-corrected chi connectivity index (χ0v) is 15.4. The maximum absolute atomic E-state index is 12.0. The van der Waals surface area contributed by atoms with Crippen molar-refractivity contribution in [2.45, 2.75) is 20.1 Å². The summed E-state index contributed by atoms with van der Waals surface area (Å²) in [6.07, 6.45) is 1.38. The fraction of sp³-hybridized carbons (Fsp3) is 0.300. The van der Waals surface area contributed by atoms with E-state index in [4.69, 9.17) is 9.47 Å². The van der Waals surface area contributed by atoms with Gasteiger partial charge in [-0.15, -0.1) is 0 Å². The van der Waals surface area contributed by atoms with Crippen LogP contribution in [0.5, 0.6) is 11.5 Å². The van der Waals surface area contributed by atoms with E-state index in [9.17, 15) is 4.79 Å². The highest BCUT2D eigenvalue weighted by Crippen LogP contribution is 2.27. The summed E-state index contributed by atoms with van der Waals surface area (Å²) in [7, 11) is 3.74. The van der Waals surface area contributed by atoms with Crippen LogP contribution >= 0.6 is 0 Å². The molecule has 0 saturated heterocycles. The van der Waals surface area contributed by atoms with Gasteiger partial charge in [0.05, 0.1) is 32.5 Å². The van der Waals surface area contributed by atoms with Crippen LogP contribution in [0.4, 0.5) is 0 Å². The Balaban J connectivity index is 1.78. The van der Waals surface area contributed by atoms with E-state index in [0.717, 1.165) is 29.1 Å². The van der Waals surface area contributed by atoms with Crippen LogP contribution in [0.2, 0.25) is 0 Å². The van der Waals surface area contributed by atoms with Crippen molar-refractivity contribution in [3.63, 3.8) is 0 Å². The molecule has 1 N–H and O–H groups in total. The molecule has 0 bridgehead atoms. The summed E-state index contributed by atoms with van der Waals surface area (Å²) in [6, 6.07) is 13.6. The fourth-order valence-electron chi connectivity index (χ4n) is 3.04. The number of methoxy groups -OCH3 is 1. The lowest BCUT2D eigenvalue weighted by atomic mass is 10.2. The SMILES string of the molecule is CCOc1ccc(C[NH+](C)Cn2ncc(=O)c3ccccc32)cc1OC. The van der Waals surface area contributed by atoms with Crippen LogP contribution in [-0.4, -0.2) is 30.5 Å². The number of fused-ring (bicyclic) bond motifs is 1. The Morgan fingerprint density at radius 2 is 1.96 bits per heavy atom. The Morgan fingerprint density at radius 3 is 2.73 bits per heavy atom. The summed E-state index contributed by atoms with van der Waals surface area (Å²) in [6.45, 7) is 4.00. The Labute approximate surface area is 152 Å². The molecular weight excluding hydrogens is 330 g/mol. The second-order valence-electron chi connectivity index (χ2n) is 6.24. The molecular formula is C20H24N3O3+. The predicted molar refractivity (Wildman–Crippen MR) is 101 cm³/mol. The van der Waals surface area contributed by atoms with Crippen LogP contribution in [0, 0.1) is 0 Å². The molecule has 26 heavy (non-hydrogen) atoms. The van der Waals surface area contributed by atoms with E-state index in [0.29, 0.717) is 18.7 Å². The van der Waals surface area contributed by atoms with Crippen LogP contribution in [0.3, 0.4) is 0 Å². The van der Waals surface area contributed by atoms with Gasteiger partial charge in [-0.25, -0.2) is 4.68 Å². The van der Waals surface area contributed by atoms with Gasteiger partial charge in [0.1, 0.15) is 6.54 Å². The number of para-hydroxylation sites is 1. The molecule has 0 saturated carbocycles. The van der Waals surface area contributed by atoms with Gasteiger partial charge in [-0.2, -0.15) is 5.10 Å². The zero-order valence-electron chi connectivity index (χ0n) is 15.4. The molecule has 0 aliphatic carbocycles. The molecule has 1 aromatic heterocycles. The number of hydrogen-bond acceptors (Lipinski definition) is 4. The number of nitrogens with zero attached hydrogens (tertiary/aromatic N) is 2. The van der Waals surface area contributed by atoms with E-state index in [1.807, 2.05) is 54.1 Å². The average Bonchev–Trinajstić information content (AvgIpc) is 2.65. The maximum atomic E-state index is 12.0. The first kappa shape index (κ1) is 17.9. The van der Waals surface area contributed by atoms with Gasteiger partial charge in [0.15, 0.2) is 18.2 Å². The van der Waals surface area contributed by atoms with Crippen molar-refractivity contribution in [3.8, 4) is 11.5 Å². The molecule has 1 heterocycles. The third-order valence-corrected chi connectivity index (χ3v) is 4.22. The van der Waals surface area contributed by atoms with Crippen molar-refractivity contribution in [3.05, 3.63) is 64.4 Å². The summed E-state index contributed by atoms with van der Waals surface area (Å²) in [5, 5.41) is 4.99. The lowest BCUT2D eigenvalue weighted by molar-refractivity contribution is -0.917. The third kappa shape index (κ3) is 3.86. The minimum absolute atomic E-state index is 0.0502. The largest absolute Gasteiger partial charge is 0.493 e. The van der Waals surface area contributed by atoms with E-state index in [2.05, 4.69) is 12.1 Å². The number of ether oxygens (including phenoxy) is 2. The molecule has 0 fully saturated rings. The van der Waals surface area contributed by atoms with Gasteiger partial charge in [0.2, 0.25) is 5.43 Å². The highest BCUT2D eigenvalue weighted by molar-refractivity contribution is 5.77. The number of aromatic nitrogens is 2. The van der Waals surface area contributed by atoms with Crippen LogP contribution in [0.15, 0.2) is 53.5 Å². The number of hydrogen-bond donors (Lipinski definition) is 1. The topological polar surface area (TPSA) is 57.8 Å². The van der Waals surface area contributed by atoms with E-state index >= 15 is 0 Å². The number of benzene rings is 2. The summed E-state index contributed by atoms with van der Waals surface area (Å²) in [5.74, 6) is 1.49. The number of rotatable bonds is 7. The minimum Gasteiger partial charge on any atom is -0.493 e. The van der Waals surface area contributed by atoms with Gasteiger partial charge in [-0.1, -0.05) is 12.1 Å². The van der Waals surface area contributed by atoms with Crippen molar-refractivity contribution in [2.24, 2.45) is 0 Å². The van der Waals surface area contributed by atoms with Crippen LogP contribution in [0.1, 0.15) is 12.5 Å². The van der Waals surface area contributed by atoms with Gasteiger partial charge in [-0.05, 0) is 37.3 Å². The molecule has 1 atom stereocenters. The van der Waals surface area contributed by atoms with E-state index in [-0.39, 0.29) is 5.43 Å². The normalized spacial score (nSPS) is 12.1. The Kier molecular flexibility index (Phi) is 5.53. The zero-order chi connectivity index (χ0) is 18.5. The molecule has 6 heteroatoms. The van der Waals surface area contributed by atoms with Crippen molar-refractivity contribution >= 4 is 10.9 Å². The van der Waals surface area contributed by atoms with Crippen LogP contribution < -0.4 is 19.8 Å². The second-order valence-corrected chi connectivity index (χ2v) is 6.24. The van der Waals surface area contributed by atoms with Crippen LogP contribution in [-0.2, 0) is 13.2 Å². The van der Waals surface area contributed by atoms with Gasteiger partial charge < -0.3 is 14.4 Å². The Morgan fingerprint density at radius 1 is 1.15 bits per heavy atom. The molecule has 0 amide bonds. The Bertz CT molecular complexity index is 952. The highest BCUT2D eigenvalue weighted by atomic mass is 16.5. The molecule has 136 valence electrons. The highest BCUT2D eigenvalue weighted by Gasteiger charge is 2.11.